The molecule has 0 unspecified atom stereocenters. The van der Waals surface area contributed by atoms with E-state index < -0.39 is 12.0 Å². The number of pyridine rings is 1. The Labute approximate surface area is 144 Å². The maximum absolute atomic E-state index is 12.8. The van der Waals surface area contributed by atoms with Crippen molar-refractivity contribution in [3.8, 4) is 0 Å². The average Bonchev–Trinajstić information content (AvgIpc) is 3.07. The maximum atomic E-state index is 12.8. The summed E-state index contributed by atoms with van der Waals surface area (Å²) in [7, 11) is 0. The summed E-state index contributed by atoms with van der Waals surface area (Å²) in [6.07, 6.45) is -1.88. The van der Waals surface area contributed by atoms with Gasteiger partial charge in [-0.15, -0.1) is 5.10 Å². The van der Waals surface area contributed by atoms with Crippen molar-refractivity contribution >= 4 is 16.7 Å². The highest BCUT2D eigenvalue weighted by Crippen LogP contribution is 2.26. The first-order valence-corrected chi connectivity index (χ1v) is 8.06. The smallest absolute Gasteiger partial charge is 0.379 e. The van der Waals surface area contributed by atoms with Crippen molar-refractivity contribution in [1.29, 1.82) is 0 Å². The van der Waals surface area contributed by atoms with E-state index in [9.17, 15) is 18.0 Å². The highest BCUT2D eigenvalue weighted by Gasteiger charge is 2.36. The first kappa shape index (κ1) is 16.9. The van der Waals surface area contributed by atoms with Gasteiger partial charge >= 0.3 is 6.18 Å². The fourth-order valence-electron chi connectivity index (χ4n) is 2.93. The zero-order chi connectivity index (χ0) is 18.3. The predicted octanol–water partition coefficient (Wildman–Crippen LogP) is 0.790. The molecule has 1 aliphatic rings. The molecule has 3 aromatic heterocycles. The lowest BCUT2D eigenvalue weighted by molar-refractivity contribution is -0.144. The zero-order valence-electron chi connectivity index (χ0n) is 13.6. The van der Waals surface area contributed by atoms with E-state index in [0.29, 0.717) is 26.3 Å². The monoisotopic (exact) mass is 368 g/mol. The molecule has 4 rings (SSSR count). The number of morpholine rings is 1. The summed E-state index contributed by atoms with van der Waals surface area (Å²) in [5.41, 5.74) is -0.0835. The molecule has 0 saturated carbocycles. The van der Waals surface area contributed by atoms with Crippen molar-refractivity contribution in [3.63, 3.8) is 0 Å². The van der Waals surface area contributed by atoms with Gasteiger partial charge in [0.25, 0.3) is 17.2 Å². The molecule has 8 nitrogen and oxygen atoms in total. The molecule has 0 aliphatic carbocycles. The summed E-state index contributed by atoms with van der Waals surface area (Å²) in [5.74, 6) is -1.48. The minimum Gasteiger partial charge on any atom is -0.379 e. The second-order valence-corrected chi connectivity index (χ2v) is 5.97. The highest BCUT2D eigenvalue weighted by molar-refractivity contribution is 5.78. The fraction of sp³-hybridized carbons (Fsp3) is 0.467. The summed E-state index contributed by atoms with van der Waals surface area (Å²) in [5, 5.41) is 3.65. The number of hydrogen-bond acceptors (Lipinski definition) is 6. The molecule has 1 saturated heterocycles. The molecular weight excluding hydrogens is 353 g/mol. The quantitative estimate of drug-likeness (QED) is 0.680. The first-order chi connectivity index (χ1) is 12.4. The standard InChI is InChI=1S/C15H15F3N6O2/c16-15(17,18)13-20-14-19-9-10-11(24(14)21-13)1-2-23(12(10)25)4-3-22-5-7-26-8-6-22/h1-2,9H,3-8H2. The summed E-state index contributed by atoms with van der Waals surface area (Å²) >= 11 is 0. The van der Waals surface area contributed by atoms with E-state index in [1.807, 2.05) is 0 Å². The molecule has 0 amide bonds. The third-order valence-corrected chi connectivity index (χ3v) is 4.32. The van der Waals surface area contributed by atoms with Crippen LogP contribution in [0.5, 0.6) is 0 Å². The van der Waals surface area contributed by atoms with Crippen molar-refractivity contribution in [2.24, 2.45) is 0 Å². The van der Waals surface area contributed by atoms with E-state index in [0.717, 1.165) is 17.6 Å². The third-order valence-electron chi connectivity index (χ3n) is 4.32. The van der Waals surface area contributed by atoms with Crippen molar-refractivity contribution < 1.29 is 17.9 Å². The summed E-state index contributed by atoms with van der Waals surface area (Å²) in [6, 6.07) is 1.56. The topological polar surface area (TPSA) is 77.6 Å². The number of ether oxygens (including phenoxy) is 1. The van der Waals surface area contributed by atoms with Crippen LogP contribution in [0.1, 0.15) is 5.82 Å². The molecule has 0 atom stereocenters. The van der Waals surface area contributed by atoms with Crippen molar-refractivity contribution in [3.05, 3.63) is 34.6 Å². The molecule has 1 aliphatic heterocycles. The van der Waals surface area contributed by atoms with Crippen LogP contribution in [0, 0.1) is 0 Å². The largest absolute Gasteiger partial charge is 0.453 e. The molecule has 0 spiro atoms. The van der Waals surface area contributed by atoms with Crippen molar-refractivity contribution in [1.82, 2.24) is 29.0 Å². The van der Waals surface area contributed by atoms with Crippen LogP contribution >= 0.6 is 0 Å². The number of nitrogens with zero attached hydrogens (tertiary/aromatic N) is 6. The van der Waals surface area contributed by atoms with Gasteiger partial charge in [-0.25, -0.2) is 4.98 Å². The van der Waals surface area contributed by atoms with Gasteiger partial charge in [-0.3, -0.25) is 9.69 Å². The van der Waals surface area contributed by atoms with Gasteiger partial charge in [0.15, 0.2) is 0 Å². The normalized spacial score (nSPS) is 16.6. The van der Waals surface area contributed by atoms with Crippen LogP contribution in [0.15, 0.2) is 23.3 Å². The third kappa shape index (κ3) is 3.03. The molecule has 0 N–H and O–H groups in total. The minimum atomic E-state index is -4.67. The number of hydrogen-bond donors (Lipinski definition) is 0. The van der Waals surface area contributed by atoms with E-state index >= 15 is 0 Å². The Morgan fingerprint density at radius 1 is 1.19 bits per heavy atom. The van der Waals surface area contributed by atoms with Crippen LogP contribution in [0.3, 0.4) is 0 Å². The molecule has 0 bridgehead atoms. The molecule has 4 heterocycles. The van der Waals surface area contributed by atoms with E-state index in [1.165, 1.54) is 10.8 Å². The first-order valence-electron chi connectivity index (χ1n) is 8.06. The van der Waals surface area contributed by atoms with Gasteiger partial charge in [-0.05, 0) is 6.07 Å². The fourth-order valence-corrected chi connectivity index (χ4v) is 2.93. The lowest BCUT2D eigenvalue weighted by atomic mass is 10.3. The van der Waals surface area contributed by atoms with E-state index in [4.69, 9.17) is 4.74 Å². The second-order valence-electron chi connectivity index (χ2n) is 5.97. The molecule has 0 radical (unpaired) electrons. The van der Waals surface area contributed by atoms with Crippen LogP contribution < -0.4 is 5.56 Å². The SMILES string of the molecule is O=c1c2cnc3nc(C(F)(F)F)nn3c2ccn1CCN1CCOCC1. The Morgan fingerprint density at radius 2 is 1.96 bits per heavy atom. The van der Waals surface area contributed by atoms with Crippen LogP contribution in [-0.2, 0) is 17.5 Å². The lowest BCUT2D eigenvalue weighted by Crippen LogP contribution is -2.39. The molecule has 138 valence electrons. The second kappa shape index (κ2) is 6.32. The molecule has 26 heavy (non-hydrogen) atoms. The number of halogens is 3. The maximum Gasteiger partial charge on any atom is 0.453 e. The van der Waals surface area contributed by atoms with Crippen LogP contribution in [-0.4, -0.2) is 61.9 Å². The average molecular weight is 368 g/mol. The summed E-state index contributed by atoms with van der Waals surface area (Å²) < 4.78 is 46.2. The number of aromatic nitrogens is 5. The molecule has 1 fully saturated rings. The Kier molecular flexibility index (Phi) is 4.11. The van der Waals surface area contributed by atoms with E-state index in [-0.39, 0.29) is 22.2 Å². The Balaban J connectivity index is 1.68. The number of rotatable bonds is 3. The Morgan fingerprint density at radius 3 is 2.69 bits per heavy atom. The molecular formula is C15H15F3N6O2. The van der Waals surface area contributed by atoms with Gasteiger partial charge in [-0.2, -0.15) is 22.7 Å². The Bertz CT molecular complexity index is 1010. The minimum absolute atomic E-state index is 0.195. The van der Waals surface area contributed by atoms with Gasteiger partial charge in [0.2, 0.25) is 0 Å². The van der Waals surface area contributed by atoms with Gasteiger partial charge in [-0.1, -0.05) is 0 Å². The molecule has 3 aromatic rings. The summed E-state index contributed by atoms with van der Waals surface area (Å²) in [6.45, 7) is 4.11. The van der Waals surface area contributed by atoms with Crippen LogP contribution in [0.2, 0.25) is 0 Å². The van der Waals surface area contributed by atoms with E-state index in [2.05, 4.69) is 20.0 Å². The van der Waals surface area contributed by atoms with Gasteiger partial charge in [0, 0.05) is 38.6 Å². The van der Waals surface area contributed by atoms with Gasteiger partial charge in [0.05, 0.1) is 24.1 Å². The van der Waals surface area contributed by atoms with Crippen LogP contribution in [0.4, 0.5) is 13.2 Å². The Hall–Kier alpha value is -2.53. The zero-order valence-corrected chi connectivity index (χ0v) is 13.6. The highest BCUT2D eigenvalue weighted by atomic mass is 19.4. The predicted molar refractivity (Wildman–Crippen MR) is 84.8 cm³/mol. The number of alkyl halides is 3. The van der Waals surface area contributed by atoms with Gasteiger partial charge < -0.3 is 9.30 Å². The molecule has 11 heteroatoms. The lowest BCUT2D eigenvalue weighted by Gasteiger charge is -2.26. The van der Waals surface area contributed by atoms with E-state index in [1.54, 1.807) is 12.3 Å². The number of fused-ring (bicyclic) bond motifs is 3. The van der Waals surface area contributed by atoms with Crippen LogP contribution in [0.25, 0.3) is 16.7 Å². The van der Waals surface area contributed by atoms with Gasteiger partial charge in [0.1, 0.15) is 0 Å². The summed E-state index contributed by atoms with van der Waals surface area (Å²) in [4.78, 5) is 22.1. The van der Waals surface area contributed by atoms with Crippen molar-refractivity contribution in [2.75, 3.05) is 32.8 Å². The van der Waals surface area contributed by atoms with Crippen molar-refractivity contribution in [2.45, 2.75) is 12.7 Å². The molecule has 0 aromatic carbocycles.